The zero-order chi connectivity index (χ0) is 14.8. The van der Waals surface area contributed by atoms with Crippen molar-refractivity contribution in [2.75, 3.05) is 13.1 Å². The van der Waals surface area contributed by atoms with Crippen molar-refractivity contribution in [3.05, 3.63) is 35.9 Å². The summed E-state index contributed by atoms with van der Waals surface area (Å²) in [7, 11) is 0. The molecule has 1 aliphatic heterocycles. The van der Waals surface area contributed by atoms with Crippen LogP contribution in [0.4, 0.5) is 0 Å². The normalized spacial score (nSPS) is 24.5. The molecule has 3 rings (SSSR count). The number of rotatable bonds is 4. The average molecular weight is 286 g/mol. The highest BCUT2D eigenvalue weighted by molar-refractivity contribution is 5.16. The minimum atomic E-state index is 0.337. The summed E-state index contributed by atoms with van der Waals surface area (Å²) in [4.78, 5) is 2.80. The van der Waals surface area contributed by atoms with Gasteiger partial charge < -0.3 is 5.32 Å². The minimum absolute atomic E-state index is 0.337. The van der Waals surface area contributed by atoms with Gasteiger partial charge in [0.1, 0.15) is 0 Å². The van der Waals surface area contributed by atoms with Gasteiger partial charge in [-0.05, 0) is 31.2 Å². The van der Waals surface area contributed by atoms with Gasteiger partial charge >= 0.3 is 0 Å². The minimum Gasteiger partial charge on any atom is -0.308 e. The highest BCUT2D eigenvalue weighted by atomic mass is 15.3. The van der Waals surface area contributed by atoms with Crippen LogP contribution >= 0.6 is 0 Å². The van der Waals surface area contributed by atoms with Crippen LogP contribution in [-0.4, -0.2) is 29.1 Å². The van der Waals surface area contributed by atoms with Crippen molar-refractivity contribution in [2.24, 2.45) is 0 Å². The van der Waals surface area contributed by atoms with E-state index in [4.69, 9.17) is 0 Å². The number of benzene rings is 1. The first-order valence-corrected chi connectivity index (χ1v) is 8.76. The maximum absolute atomic E-state index is 3.96. The second-order valence-electron chi connectivity index (χ2n) is 7.11. The summed E-state index contributed by atoms with van der Waals surface area (Å²) in [6.07, 6.45) is 8.00. The molecule has 0 radical (unpaired) electrons. The van der Waals surface area contributed by atoms with Gasteiger partial charge in [-0.2, -0.15) is 0 Å². The predicted molar refractivity (Wildman–Crippen MR) is 89.4 cm³/mol. The second kappa shape index (κ2) is 6.10. The maximum Gasteiger partial charge on any atom is 0.0333 e. The first kappa shape index (κ1) is 15.1. The molecule has 1 saturated heterocycles. The molecule has 2 nitrogen and oxygen atoms in total. The Morgan fingerprint density at radius 2 is 1.71 bits per heavy atom. The van der Waals surface area contributed by atoms with Crippen molar-refractivity contribution >= 4 is 0 Å². The van der Waals surface area contributed by atoms with E-state index in [0.717, 1.165) is 13.1 Å². The third kappa shape index (κ3) is 2.89. The van der Waals surface area contributed by atoms with Gasteiger partial charge in [0.2, 0.25) is 0 Å². The standard InChI is InChI=1S/C19H30N2/c1-3-19(4-2)15-20-18(12-8-9-13-18)16-21(19)14-17-10-6-5-7-11-17/h5-7,10-11,20H,3-4,8-9,12-16H2,1-2H3. The molecular formula is C19H30N2. The lowest BCUT2D eigenvalue weighted by Crippen LogP contribution is -2.68. The molecule has 2 aliphatic rings. The molecule has 116 valence electrons. The van der Waals surface area contributed by atoms with Crippen molar-refractivity contribution in [1.82, 2.24) is 10.2 Å². The van der Waals surface area contributed by atoms with E-state index in [1.807, 2.05) is 0 Å². The Morgan fingerprint density at radius 3 is 2.33 bits per heavy atom. The zero-order valence-electron chi connectivity index (χ0n) is 13.7. The number of nitrogens with zero attached hydrogens (tertiary/aromatic N) is 1. The highest BCUT2D eigenvalue weighted by Gasteiger charge is 2.46. The molecule has 1 aromatic carbocycles. The molecule has 2 fully saturated rings. The fourth-order valence-electron chi connectivity index (χ4n) is 4.41. The Kier molecular flexibility index (Phi) is 4.37. The van der Waals surface area contributed by atoms with Gasteiger partial charge in [0, 0.05) is 30.7 Å². The van der Waals surface area contributed by atoms with Crippen molar-refractivity contribution < 1.29 is 0 Å². The van der Waals surface area contributed by atoms with Crippen molar-refractivity contribution in [3.63, 3.8) is 0 Å². The molecular weight excluding hydrogens is 256 g/mol. The summed E-state index contributed by atoms with van der Waals surface area (Å²) >= 11 is 0. The summed E-state index contributed by atoms with van der Waals surface area (Å²) in [6, 6.07) is 11.0. The van der Waals surface area contributed by atoms with Crippen LogP contribution < -0.4 is 5.32 Å². The Balaban J connectivity index is 1.82. The van der Waals surface area contributed by atoms with Crippen molar-refractivity contribution in [3.8, 4) is 0 Å². The van der Waals surface area contributed by atoms with E-state index in [1.165, 1.54) is 50.6 Å². The number of nitrogens with one attached hydrogen (secondary N) is 1. The summed E-state index contributed by atoms with van der Waals surface area (Å²) < 4.78 is 0. The van der Waals surface area contributed by atoms with Crippen LogP contribution in [0.2, 0.25) is 0 Å². The third-order valence-corrected chi connectivity index (χ3v) is 6.05. The summed E-state index contributed by atoms with van der Waals surface area (Å²) in [5.74, 6) is 0. The molecule has 0 aromatic heterocycles. The molecule has 0 unspecified atom stereocenters. The van der Waals surface area contributed by atoms with E-state index in [1.54, 1.807) is 0 Å². The van der Waals surface area contributed by atoms with E-state index in [2.05, 4.69) is 54.4 Å². The Morgan fingerprint density at radius 1 is 1.05 bits per heavy atom. The van der Waals surface area contributed by atoms with Crippen LogP contribution in [0.25, 0.3) is 0 Å². The molecule has 1 heterocycles. The van der Waals surface area contributed by atoms with Crippen molar-refractivity contribution in [2.45, 2.75) is 70.0 Å². The van der Waals surface area contributed by atoms with E-state index in [9.17, 15) is 0 Å². The largest absolute Gasteiger partial charge is 0.308 e. The van der Waals surface area contributed by atoms with Crippen LogP contribution in [0.15, 0.2) is 30.3 Å². The average Bonchev–Trinajstić information content (AvgIpc) is 2.98. The lowest BCUT2D eigenvalue weighted by molar-refractivity contribution is -0.00650. The van der Waals surface area contributed by atoms with Crippen LogP contribution in [0, 0.1) is 0 Å². The van der Waals surface area contributed by atoms with E-state index < -0.39 is 0 Å². The highest BCUT2D eigenvalue weighted by Crippen LogP contribution is 2.38. The lowest BCUT2D eigenvalue weighted by Gasteiger charge is -2.54. The molecule has 0 atom stereocenters. The van der Waals surface area contributed by atoms with Crippen molar-refractivity contribution in [1.29, 1.82) is 0 Å². The summed E-state index contributed by atoms with van der Waals surface area (Å²) in [5.41, 5.74) is 2.20. The molecule has 1 aromatic rings. The SMILES string of the molecule is CCC1(CC)CNC2(CCCC2)CN1Cc1ccccc1. The maximum atomic E-state index is 3.96. The van der Waals surface area contributed by atoms with E-state index in [-0.39, 0.29) is 0 Å². The molecule has 0 bridgehead atoms. The molecule has 0 amide bonds. The van der Waals surface area contributed by atoms with Crippen LogP contribution in [0.1, 0.15) is 57.9 Å². The van der Waals surface area contributed by atoms with Gasteiger partial charge in [0.05, 0.1) is 0 Å². The molecule has 2 heteroatoms. The number of piperazine rings is 1. The van der Waals surface area contributed by atoms with E-state index in [0.29, 0.717) is 11.1 Å². The van der Waals surface area contributed by atoms with Crippen LogP contribution in [0.3, 0.4) is 0 Å². The Hall–Kier alpha value is -0.860. The van der Waals surface area contributed by atoms with Gasteiger partial charge in [-0.1, -0.05) is 57.0 Å². The van der Waals surface area contributed by atoms with Gasteiger partial charge in [0.25, 0.3) is 0 Å². The van der Waals surface area contributed by atoms with Gasteiger partial charge in [-0.25, -0.2) is 0 Å². The smallest absolute Gasteiger partial charge is 0.0333 e. The quantitative estimate of drug-likeness (QED) is 0.901. The molecule has 1 N–H and O–H groups in total. The van der Waals surface area contributed by atoms with E-state index >= 15 is 0 Å². The fourth-order valence-corrected chi connectivity index (χ4v) is 4.41. The van der Waals surface area contributed by atoms with Gasteiger partial charge in [-0.3, -0.25) is 4.90 Å². The summed E-state index contributed by atoms with van der Waals surface area (Å²) in [6.45, 7) is 8.20. The lowest BCUT2D eigenvalue weighted by atomic mass is 9.82. The predicted octanol–water partition coefficient (Wildman–Crippen LogP) is 3.96. The summed E-state index contributed by atoms with van der Waals surface area (Å²) in [5, 5.41) is 3.96. The Labute approximate surface area is 129 Å². The number of hydrogen-bond donors (Lipinski definition) is 1. The fraction of sp³-hybridized carbons (Fsp3) is 0.684. The first-order valence-electron chi connectivity index (χ1n) is 8.76. The monoisotopic (exact) mass is 286 g/mol. The second-order valence-corrected chi connectivity index (χ2v) is 7.11. The van der Waals surface area contributed by atoms with Gasteiger partial charge in [0.15, 0.2) is 0 Å². The molecule has 1 saturated carbocycles. The topological polar surface area (TPSA) is 15.3 Å². The van der Waals surface area contributed by atoms with Crippen LogP contribution in [0.5, 0.6) is 0 Å². The third-order valence-electron chi connectivity index (χ3n) is 6.05. The number of hydrogen-bond acceptors (Lipinski definition) is 2. The Bertz CT molecular complexity index is 444. The molecule has 1 spiro atoms. The van der Waals surface area contributed by atoms with Crippen LogP contribution in [-0.2, 0) is 6.54 Å². The zero-order valence-corrected chi connectivity index (χ0v) is 13.7. The first-order chi connectivity index (χ1) is 10.2. The molecule has 1 aliphatic carbocycles. The molecule has 21 heavy (non-hydrogen) atoms. The van der Waals surface area contributed by atoms with Gasteiger partial charge in [-0.15, -0.1) is 0 Å².